The molecule has 1 aliphatic carbocycles. The molecule has 0 amide bonds. The van der Waals surface area contributed by atoms with Gasteiger partial charge in [-0.2, -0.15) is 5.10 Å². The monoisotopic (exact) mass is 250 g/mol. The van der Waals surface area contributed by atoms with Gasteiger partial charge in [-0.05, 0) is 30.7 Å². The maximum absolute atomic E-state index is 4.34. The first-order valence-electron chi connectivity index (χ1n) is 7.24. The van der Waals surface area contributed by atoms with E-state index in [0.29, 0.717) is 5.92 Å². The van der Waals surface area contributed by atoms with E-state index in [0.717, 1.165) is 37.3 Å². The van der Waals surface area contributed by atoms with Crippen molar-refractivity contribution in [1.29, 1.82) is 0 Å². The summed E-state index contributed by atoms with van der Waals surface area (Å²) < 4.78 is 2.02. The molecular weight excluding hydrogens is 224 g/mol. The molecule has 1 saturated carbocycles. The average molecular weight is 250 g/mol. The molecule has 1 aliphatic rings. The van der Waals surface area contributed by atoms with E-state index < -0.39 is 0 Å². The van der Waals surface area contributed by atoms with E-state index in [1.54, 1.807) is 6.33 Å². The molecule has 0 radical (unpaired) electrons. The number of hydrogen-bond donors (Lipinski definition) is 1. The molecule has 18 heavy (non-hydrogen) atoms. The molecule has 1 fully saturated rings. The zero-order chi connectivity index (χ0) is 13.0. The molecule has 0 saturated heterocycles. The van der Waals surface area contributed by atoms with E-state index in [4.69, 9.17) is 0 Å². The van der Waals surface area contributed by atoms with Crippen molar-refractivity contribution in [2.75, 3.05) is 6.54 Å². The lowest BCUT2D eigenvalue weighted by Gasteiger charge is -2.16. The third kappa shape index (κ3) is 3.55. The Morgan fingerprint density at radius 3 is 2.94 bits per heavy atom. The predicted molar refractivity (Wildman–Crippen MR) is 73.1 cm³/mol. The summed E-state index contributed by atoms with van der Waals surface area (Å²) in [4.78, 5) is 4.34. The van der Waals surface area contributed by atoms with Crippen LogP contribution in [0.4, 0.5) is 0 Å². The van der Waals surface area contributed by atoms with E-state index in [-0.39, 0.29) is 0 Å². The van der Waals surface area contributed by atoms with Gasteiger partial charge in [-0.25, -0.2) is 9.67 Å². The topological polar surface area (TPSA) is 42.7 Å². The average Bonchev–Trinajstić information content (AvgIpc) is 2.89. The highest BCUT2D eigenvalue weighted by molar-refractivity contribution is 4.85. The highest BCUT2D eigenvalue weighted by Crippen LogP contribution is 2.30. The first kappa shape index (κ1) is 13.5. The van der Waals surface area contributed by atoms with Crippen molar-refractivity contribution in [3.63, 3.8) is 0 Å². The lowest BCUT2D eigenvalue weighted by atomic mass is 9.98. The fourth-order valence-electron chi connectivity index (χ4n) is 2.82. The smallest absolute Gasteiger partial charge is 0.140 e. The second kappa shape index (κ2) is 6.32. The normalized spacial score (nSPS) is 24.0. The standard InChI is InChI=1S/C14H26N4/c1-11(2)9-18-14(16-10-17-18)8-15-7-13-6-4-5-12(13)3/h10-13,15H,4-9H2,1-3H3. The molecular formula is C14H26N4. The van der Waals surface area contributed by atoms with Crippen LogP contribution in [-0.2, 0) is 13.1 Å². The Labute approximate surface area is 110 Å². The first-order chi connectivity index (χ1) is 8.66. The summed E-state index contributed by atoms with van der Waals surface area (Å²) in [7, 11) is 0. The second-order valence-electron chi connectivity index (χ2n) is 6.05. The molecule has 1 aromatic rings. The van der Waals surface area contributed by atoms with Crippen molar-refractivity contribution in [3.8, 4) is 0 Å². The summed E-state index contributed by atoms with van der Waals surface area (Å²) in [6, 6.07) is 0. The van der Waals surface area contributed by atoms with Crippen LogP contribution in [0.15, 0.2) is 6.33 Å². The predicted octanol–water partition coefficient (Wildman–Crippen LogP) is 2.46. The lowest BCUT2D eigenvalue weighted by molar-refractivity contribution is 0.384. The third-order valence-electron chi connectivity index (χ3n) is 3.96. The maximum atomic E-state index is 4.34. The van der Waals surface area contributed by atoms with Crippen molar-refractivity contribution in [2.45, 2.75) is 53.1 Å². The Kier molecular flexibility index (Phi) is 4.75. The van der Waals surface area contributed by atoms with E-state index >= 15 is 0 Å². The minimum atomic E-state index is 0.611. The first-order valence-corrected chi connectivity index (χ1v) is 7.24. The van der Waals surface area contributed by atoms with E-state index in [1.165, 1.54) is 19.3 Å². The van der Waals surface area contributed by atoms with Gasteiger partial charge in [0.25, 0.3) is 0 Å². The zero-order valence-corrected chi connectivity index (χ0v) is 11.9. The van der Waals surface area contributed by atoms with Crippen molar-refractivity contribution >= 4 is 0 Å². The molecule has 1 aromatic heterocycles. The quantitative estimate of drug-likeness (QED) is 0.843. The van der Waals surface area contributed by atoms with Gasteiger partial charge in [-0.1, -0.05) is 33.6 Å². The van der Waals surface area contributed by atoms with Gasteiger partial charge >= 0.3 is 0 Å². The molecule has 1 heterocycles. The van der Waals surface area contributed by atoms with Crippen LogP contribution in [0.25, 0.3) is 0 Å². The Bertz CT molecular complexity index is 358. The minimum Gasteiger partial charge on any atom is -0.310 e. The molecule has 2 rings (SSSR count). The molecule has 102 valence electrons. The van der Waals surface area contributed by atoms with E-state index in [1.807, 2.05) is 4.68 Å². The Balaban J connectivity index is 1.77. The molecule has 2 atom stereocenters. The summed E-state index contributed by atoms with van der Waals surface area (Å²) in [5.74, 6) is 3.41. The largest absolute Gasteiger partial charge is 0.310 e. The Morgan fingerprint density at radius 1 is 1.44 bits per heavy atom. The number of nitrogens with zero attached hydrogens (tertiary/aromatic N) is 3. The van der Waals surface area contributed by atoms with Crippen LogP contribution in [0.2, 0.25) is 0 Å². The maximum Gasteiger partial charge on any atom is 0.140 e. The van der Waals surface area contributed by atoms with Gasteiger partial charge in [0, 0.05) is 6.54 Å². The SMILES string of the molecule is CC(C)Cn1ncnc1CNCC1CCCC1C. The molecule has 0 bridgehead atoms. The molecule has 4 heteroatoms. The summed E-state index contributed by atoms with van der Waals surface area (Å²) >= 11 is 0. The van der Waals surface area contributed by atoms with Crippen LogP contribution < -0.4 is 5.32 Å². The zero-order valence-electron chi connectivity index (χ0n) is 11.9. The molecule has 0 aliphatic heterocycles. The Morgan fingerprint density at radius 2 is 2.28 bits per heavy atom. The number of aromatic nitrogens is 3. The van der Waals surface area contributed by atoms with Crippen LogP contribution in [0.5, 0.6) is 0 Å². The summed E-state index contributed by atoms with van der Waals surface area (Å²) in [5, 5.41) is 7.84. The highest BCUT2D eigenvalue weighted by Gasteiger charge is 2.22. The molecule has 1 N–H and O–H groups in total. The van der Waals surface area contributed by atoms with Crippen LogP contribution in [0.1, 0.15) is 45.9 Å². The number of nitrogens with one attached hydrogen (secondary N) is 1. The fourth-order valence-corrected chi connectivity index (χ4v) is 2.82. The van der Waals surface area contributed by atoms with E-state index in [2.05, 4.69) is 36.2 Å². The van der Waals surface area contributed by atoms with Gasteiger partial charge in [0.1, 0.15) is 12.2 Å². The van der Waals surface area contributed by atoms with Crippen LogP contribution in [0, 0.1) is 17.8 Å². The molecule has 2 unspecified atom stereocenters. The van der Waals surface area contributed by atoms with E-state index in [9.17, 15) is 0 Å². The molecule has 0 spiro atoms. The van der Waals surface area contributed by atoms with Gasteiger partial charge in [0.2, 0.25) is 0 Å². The third-order valence-corrected chi connectivity index (χ3v) is 3.96. The van der Waals surface area contributed by atoms with Gasteiger partial charge in [-0.15, -0.1) is 0 Å². The van der Waals surface area contributed by atoms with Crippen LogP contribution in [-0.4, -0.2) is 21.3 Å². The van der Waals surface area contributed by atoms with Gasteiger partial charge in [-0.3, -0.25) is 0 Å². The van der Waals surface area contributed by atoms with Crippen LogP contribution in [0.3, 0.4) is 0 Å². The minimum absolute atomic E-state index is 0.611. The van der Waals surface area contributed by atoms with Crippen molar-refractivity contribution in [3.05, 3.63) is 12.2 Å². The van der Waals surface area contributed by atoms with Crippen LogP contribution >= 0.6 is 0 Å². The lowest BCUT2D eigenvalue weighted by Crippen LogP contribution is -2.26. The van der Waals surface area contributed by atoms with Gasteiger partial charge in [0.05, 0.1) is 6.54 Å². The molecule has 0 aromatic carbocycles. The number of rotatable bonds is 6. The van der Waals surface area contributed by atoms with Crippen molar-refractivity contribution < 1.29 is 0 Å². The fraction of sp³-hybridized carbons (Fsp3) is 0.857. The second-order valence-corrected chi connectivity index (χ2v) is 6.05. The van der Waals surface area contributed by atoms with Crippen molar-refractivity contribution in [1.82, 2.24) is 20.1 Å². The highest BCUT2D eigenvalue weighted by atomic mass is 15.3. The number of hydrogen-bond acceptors (Lipinski definition) is 3. The summed E-state index contributed by atoms with van der Waals surface area (Å²) in [6.07, 6.45) is 5.84. The van der Waals surface area contributed by atoms with Gasteiger partial charge in [0.15, 0.2) is 0 Å². The molecule has 4 nitrogen and oxygen atoms in total. The summed E-state index contributed by atoms with van der Waals surface area (Å²) in [5.41, 5.74) is 0. The van der Waals surface area contributed by atoms with Gasteiger partial charge < -0.3 is 5.32 Å². The van der Waals surface area contributed by atoms with Crippen molar-refractivity contribution in [2.24, 2.45) is 17.8 Å². The summed E-state index contributed by atoms with van der Waals surface area (Å²) in [6.45, 7) is 9.71. The Hall–Kier alpha value is -0.900.